The second-order valence-corrected chi connectivity index (χ2v) is 7.70. The summed E-state index contributed by atoms with van der Waals surface area (Å²) >= 11 is 1.67. The van der Waals surface area contributed by atoms with Gasteiger partial charge in [0.15, 0.2) is 0 Å². The molecule has 136 valence electrons. The van der Waals surface area contributed by atoms with Crippen molar-refractivity contribution >= 4 is 33.3 Å². The van der Waals surface area contributed by atoms with Gasteiger partial charge in [-0.05, 0) is 30.3 Å². The van der Waals surface area contributed by atoms with Gasteiger partial charge in [0.25, 0.3) is 0 Å². The zero-order valence-corrected chi connectivity index (χ0v) is 15.6. The number of anilines is 1. The number of carbonyl (C=O) groups excluding carboxylic acids is 1. The van der Waals surface area contributed by atoms with Crippen LogP contribution in [-0.2, 0) is 4.74 Å². The van der Waals surface area contributed by atoms with Crippen LogP contribution < -0.4 is 5.32 Å². The third kappa shape index (κ3) is 3.45. The molecule has 0 bridgehead atoms. The van der Waals surface area contributed by atoms with Gasteiger partial charge in [-0.1, -0.05) is 13.8 Å². The van der Waals surface area contributed by atoms with Crippen LogP contribution in [0.4, 0.5) is 10.5 Å². The second-order valence-electron chi connectivity index (χ2n) is 6.64. The van der Waals surface area contributed by atoms with E-state index in [-0.39, 0.29) is 12.1 Å². The van der Waals surface area contributed by atoms with Crippen molar-refractivity contribution in [3.8, 4) is 0 Å². The number of urea groups is 1. The number of morpholine rings is 1. The van der Waals surface area contributed by atoms with E-state index in [1.807, 2.05) is 30.3 Å². The highest BCUT2D eigenvalue weighted by Gasteiger charge is 2.27. The van der Waals surface area contributed by atoms with Crippen LogP contribution in [0.3, 0.4) is 0 Å². The number of thiazole rings is 1. The molecule has 1 aliphatic rings. The number of nitrogens with one attached hydrogen (secondary N) is 1. The number of amides is 2. The van der Waals surface area contributed by atoms with Crippen molar-refractivity contribution in [1.29, 1.82) is 0 Å². The Bertz CT molecular complexity index is 904. The van der Waals surface area contributed by atoms with E-state index < -0.39 is 0 Å². The SMILES string of the molecule is CC(C)c1nc2ccc(NC(=O)N3CCO[C@H](c4ccco4)C3)cc2s1. The maximum atomic E-state index is 12.6. The predicted molar refractivity (Wildman–Crippen MR) is 102 cm³/mol. The van der Waals surface area contributed by atoms with Crippen LogP contribution in [0.15, 0.2) is 41.0 Å². The topological polar surface area (TPSA) is 67.6 Å². The Kier molecular flexibility index (Phi) is 4.65. The standard InChI is InChI=1S/C19H21N3O3S/c1-12(2)18-21-14-6-5-13(10-17(14)26-18)20-19(23)22-7-9-25-16(11-22)15-4-3-8-24-15/h3-6,8,10,12,16H,7,9,11H2,1-2H3,(H,20,23)/t16-/m0/s1. The van der Waals surface area contributed by atoms with Crippen LogP contribution in [0.5, 0.6) is 0 Å². The average molecular weight is 371 g/mol. The molecular formula is C19H21N3O3S. The molecule has 2 aromatic heterocycles. The molecule has 1 atom stereocenters. The Morgan fingerprint density at radius 1 is 1.38 bits per heavy atom. The predicted octanol–water partition coefficient (Wildman–Crippen LogP) is 4.62. The van der Waals surface area contributed by atoms with Gasteiger partial charge < -0.3 is 19.4 Å². The Morgan fingerprint density at radius 3 is 3.04 bits per heavy atom. The van der Waals surface area contributed by atoms with Gasteiger partial charge in [-0.2, -0.15) is 0 Å². The number of hydrogen-bond acceptors (Lipinski definition) is 5. The normalized spacial score (nSPS) is 17.8. The van der Waals surface area contributed by atoms with Crippen molar-refractivity contribution < 1.29 is 13.9 Å². The van der Waals surface area contributed by atoms with Gasteiger partial charge in [0.1, 0.15) is 11.9 Å². The van der Waals surface area contributed by atoms with E-state index in [1.54, 1.807) is 22.5 Å². The van der Waals surface area contributed by atoms with Gasteiger partial charge in [-0.15, -0.1) is 11.3 Å². The van der Waals surface area contributed by atoms with Crippen LogP contribution in [-0.4, -0.2) is 35.6 Å². The average Bonchev–Trinajstić information content (AvgIpc) is 3.31. The number of ether oxygens (including phenoxy) is 1. The summed E-state index contributed by atoms with van der Waals surface area (Å²) in [5.41, 5.74) is 1.75. The van der Waals surface area contributed by atoms with Gasteiger partial charge in [0, 0.05) is 18.2 Å². The Morgan fingerprint density at radius 2 is 2.27 bits per heavy atom. The van der Waals surface area contributed by atoms with E-state index in [2.05, 4.69) is 24.1 Å². The van der Waals surface area contributed by atoms with Gasteiger partial charge in [-0.3, -0.25) is 0 Å². The zero-order valence-electron chi connectivity index (χ0n) is 14.8. The summed E-state index contributed by atoms with van der Waals surface area (Å²) in [5.74, 6) is 1.15. The van der Waals surface area contributed by atoms with Crippen LogP contribution in [0, 0.1) is 0 Å². The zero-order chi connectivity index (χ0) is 18.1. The molecule has 4 rings (SSSR count). The van der Waals surface area contributed by atoms with Crippen LogP contribution in [0.1, 0.15) is 36.6 Å². The van der Waals surface area contributed by atoms with E-state index >= 15 is 0 Å². The molecule has 0 unspecified atom stereocenters. The van der Waals surface area contributed by atoms with Crippen molar-refractivity contribution in [1.82, 2.24) is 9.88 Å². The van der Waals surface area contributed by atoms with Crippen molar-refractivity contribution in [2.45, 2.75) is 25.9 Å². The fraction of sp³-hybridized carbons (Fsp3) is 0.368. The van der Waals surface area contributed by atoms with E-state index in [0.29, 0.717) is 25.6 Å². The molecule has 7 heteroatoms. The van der Waals surface area contributed by atoms with Crippen LogP contribution in [0.2, 0.25) is 0 Å². The quantitative estimate of drug-likeness (QED) is 0.729. The first kappa shape index (κ1) is 17.1. The van der Waals surface area contributed by atoms with Gasteiger partial charge >= 0.3 is 6.03 Å². The summed E-state index contributed by atoms with van der Waals surface area (Å²) in [6, 6.07) is 9.41. The second kappa shape index (κ2) is 7.09. The first-order chi connectivity index (χ1) is 12.6. The fourth-order valence-corrected chi connectivity index (χ4v) is 3.96. The third-order valence-electron chi connectivity index (χ3n) is 4.36. The highest BCUT2D eigenvalue weighted by molar-refractivity contribution is 7.18. The number of fused-ring (bicyclic) bond motifs is 1. The first-order valence-corrected chi connectivity index (χ1v) is 9.53. The molecule has 1 N–H and O–H groups in total. The number of carbonyl (C=O) groups is 1. The lowest BCUT2D eigenvalue weighted by Crippen LogP contribution is -2.44. The largest absolute Gasteiger partial charge is 0.467 e. The fourth-order valence-electron chi connectivity index (χ4n) is 2.95. The minimum Gasteiger partial charge on any atom is -0.467 e. The van der Waals surface area contributed by atoms with Crippen LogP contribution in [0.25, 0.3) is 10.2 Å². The number of furan rings is 1. The summed E-state index contributed by atoms with van der Waals surface area (Å²) < 4.78 is 12.2. The van der Waals surface area contributed by atoms with E-state index in [4.69, 9.17) is 9.15 Å². The van der Waals surface area contributed by atoms with Crippen molar-refractivity contribution in [3.05, 3.63) is 47.4 Å². The summed E-state index contributed by atoms with van der Waals surface area (Å²) in [6.45, 7) is 5.79. The first-order valence-electron chi connectivity index (χ1n) is 8.71. The van der Waals surface area contributed by atoms with E-state index in [0.717, 1.165) is 26.7 Å². The van der Waals surface area contributed by atoms with Crippen molar-refractivity contribution in [3.63, 3.8) is 0 Å². The van der Waals surface area contributed by atoms with Crippen LogP contribution >= 0.6 is 11.3 Å². The molecule has 26 heavy (non-hydrogen) atoms. The minimum atomic E-state index is -0.220. The molecule has 0 spiro atoms. The van der Waals surface area contributed by atoms with Gasteiger partial charge in [0.05, 0.1) is 34.6 Å². The van der Waals surface area contributed by atoms with Crippen molar-refractivity contribution in [2.24, 2.45) is 0 Å². The summed E-state index contributed by atoms with van der Waals surface area (Å²) in [5, 5.41) is 4.10. The molecule has 1 saturated heterocycles. The highest BCUT2D eigenvalue weighted by Crippen LogP contribution is 2.29. The maximum absolute atomic E-state index is 12.6. The number of nitrogens with zero attached hydrogens (tertiary/aromatic N) is 2. The summed E-state index contributed by atoms with van der Waals surface area (Å²) in [7, 11) is 0. The Balaban J connectivity index is 1.46. The monoisotopic (exact) mass is 371 g/mol. The number of rotatable bonds is 3. The molecular weight excluding hydrogens is 350 g/mol. The Labute approximate surface area is 155 Å². The van der Waals surface area contributed by atoms with E-state index in [9.17, 15) is 4.79 Å². The molecule has 2 amide bonds. The molecule has 0 radical (unpaired) electrons. The Hall–Kier alpha value is -2.38. The van der Waals surface area contributed by atoms with Gasteiger partial charge in [-0.25, -0.2) is 9.78 Å². The minimum absolute atomic E-state index is 0.127. The maximum Gasteiger partial charge on any atom is 0.322 e. The van der Waals surface area contributed by atoms with Gasteiger partial charge in [0.2, 0.25) is 0 Å². The molecule has 0 aliphatic carbocycles. The van der Waals surface area contributed by atoms with Crippen molar-refractivity contribution in [2.75, 3.05) is 25.0 Å². The number of benzene rings is 1. The summed E-state index contributed by atoms with van der Waals surface area (Å²) in [4.78, 5) is 19.0. The third-order valence-corrected chi connectivity index (χ3v) is 5.68. The number of aromatic nitrogens is 1. The lowest BCUT2D eigenvalue weighted by molar-refractivity contribution is -0.0242. The molecule has 0 saturated carbocycles. The molecule has 1 fully saturated rings. The molecule has 1 aromatic carbocycles. The highest BCUT2D eigenvalue weighted by atomic mass is 32.1. The summed E-state index contributed by atoms with van der Waals surface area (Å²) in [6.07, 6.45) is 1.40. The lowest BCUT2D eigenvalue weighted by Gasteiger charge is -2.32. The molecule has 1 aliphatic heterocycles. The molecule has 3 heterocycles. The van der Waals surface area contributed by atoms with E-state index in [1.165, 1.54) is 0 Å². The molecule has 3 aromatic rings. The number of hydrogen-bond donors (Lipinski definition) is 1. The molecule has 6 nitrogen and oxygen atoms in total. The lowest BCUT2D eigenvalue weighted by atomic mass is 10.2. The smallest absolute Gasteiger partial charge is 0.322 e.